The largest absolute Gasteiger partial charge is 0.312 e. The Bertz CT molecular complexity index is 97.1. The van der Waals surface area contributed by atoms with E-state index in [4.69, 9.17) is 0 Å². The van der Waals surface area contributed by atoms with Crippen molar-refractivity contribution in [2.45, 2.75) is 13.1 Å². The molecule has 2 heteroatoms. The van der Waals surface area contributed by atoms with Gasteiger partial charge in [-0.2, -0.15) is 0 Å². The van der Waals surface area contributed by atoms with E-state index in [1.807, 2.05) is 0 Å². The van der Waals surface area contributed by atoms with Crippen molar-refractivity contribution in [1.82, 2.24) is 4.90 Å². The lowest BCUT2D eigenvalue weighted by atomic mass is 11.0. The lowest BCUT2D eigenvalue weighted by Gasteiger charge is -2.21. The van der Waals surface area contributed by atoms with Gasteiger partial charge in [-0.25, -0.2) is 0 Å². The Morgan fingerprint density at radius 3 is 2.00 bits per heavy atom. The topological polar surface area (TPSA) is 3.24 Å². The van der Waals surface area contributed by atoms with Gasteiger partial charge in [0.2, 0.25) is 0 Å². The van der Waals surface area contributed by atoms with Gasteiger partial charge in [0.1, 0.15) is 0 Å². The fraction of sp³-hybridized carbons (Fsp3) is 0.714. The van der Waals surface area contributed by atoms with Gasteiger partial charge in [-0.05, 0) is 20.3 Å². The van der Waals surface area contributed by atoms with E-state index in [-0.39, 0.29) is 0 Å². The van der Waals surface area contributed by atoms with Crippen LogP contribution in [0.15, 0.2) is 12.3 Å². The van der Waals surface area contributed by atoms with Gasteiger partial charge in [0.15, 0.2) is 0 Å². The zero-order chi connectivity index (χ0) is 7.49. The van der Waals surface area contributed by atoms with Gasteiger partial charge in [-0.3, -0.25) is 0 Å². The van der Waals surface area contributed by atoms with Gasteiger partial charge in [-0.15, -0.1) is 12.3 Å². The lowest BCUT2D eigenvalue weighted by Crippen LogP contribution is -2.37. The Morgan fingerprint density at radius 2 is 1.89 bits per heavy atom. The molecule has 0 atom stereocenters. The zero-order valence-corrected chi connectivity index (χ0v) is 7.94. The molecule has 0 spiro atoms. The number of hydrogen-bond donors (Lipinski definition) is 0. The molecule has 54 valence electrons. The molecule has 0 fully saturated rings. The van der Waals surface area contributed by atoms with Crippen LogP contribution in [0.25, 0.3) is 0 Å². The van der Waals surface area contributed by atoms with Gasteiger partial charge in [0.25, 0.3) is 0 Å². The van der Waals surface area contributed by atoms with E-state index in [0.29, 0.717) is 0 Å². The molecule has 0 aliphatic heterocycles. The molecule has 0 aromatic heterocycles. The van der Waals surface area contributed by atoms with Crippen LogP contribution in [0.2, 0.25) is 13.1 Å². The highest BCUT2D eigenvalue weighted by Crippen LogP contribution is 2.02. The first-order valence-electron chi connectivity index (χ1n) is 3.26. The van der Waals surface area contributed by atoms with Crippen molar-refractivity contribution < 1.29 is 0 Å². The molecule has 0 heterocycles. The maximum absolute atomic E-state index is 3.82. The van der Waals surface area contributed by atoms with Gasteiger partial charge >= 0.3 is 0 Å². The summed E-state index contributed by atoms with van der Waals surface area (Å²) in [5, 5.41) is 0. The summed E-state index contributed by atoms with van der Waals surface area (Å²) in [6.45, 7) is 8.46. The summed E-state index contributed by atoms with van der Waals surface area (Å²) in [7, 11) is 3.17. The predicted molar refractivity (Wildman–Crippen MR) is 46.2 cm³/mol. The highest BCUT2D eigenvalue weighted by Gasteiger charge is 2.15. The molecule has 0 saturated heterocycles. The van der Waals surface area contributed by atoms with Gasteiger partial charge in [0, 0.05) is 0 Å². The van der Waals surface area contributed by atoms with Crippen LogP contribution in [0.5, 0.6) is 0 Å². The molecule has 0 unspecified atom stereocenters. The molecule has 0 radical (unpaired) electrons. The summed E-state index contributed by atoms with van der Waals surface area (Å²) < 4.78 is 0. The maximum Gasteiger partial charge on any atom is 0.0854 e. The van der Waals surface area contributed by atoms with Crippen LogP contribution >= 0.6 is 0 Å². The first-order valence-corrected chi connectivity index (χ1v) is 6.55. The standard InChI is InChI=1S/C7H17NSi/c1-6-9(4,5)7-8(2)3/h6H,1,7H2,2-5H3. The third-order valence-electron chi connectivity index (χ3n) is 1.28. The first kappa shape index (κ1) is 8.92. The summed E-state index contributed by atoms with van der Waals surface area (Å²) in [6.07, 6.45) is 1.20. The maximum atomic E-state index is 3.82. The Hall–Kier alpha value is -0.0831. The second-order valence-electron chi connectivity index (χ2n) is 3.43. The van der Waals surface area contributed by atoms with Crippen molar-refractivity contribution in [3.8, 4) is 0 Å². The molecule has 0 amide bonds. The molecular weight excluding hydrogens is 126 g/mol. The summed E-state index contributed by atoms with van der Waals surface area (Å²) in [5.41, 5.74) is 2.13. The molecule has 0 bridgehead atoms. The van der Waals surface area contributed by atoms with Crippen LogP contribution in [0.3, 0.4) is 0 Å². The minimum atomic E-state index is -1.05. The van der Waals surface area contributed by atoms with E-state index < -0.39 is 8.07 Å². The number of hydrogen-bond acceptors (Lipinski definition) is 1. The predicted octanol–water partition coefficient (Wildman–Crippen LogP) is 1.52. The van der Waals surface area contributed by atoms with Crippen LogP contribution < -0.4 is 0 Å². The molecule has 0 aromatic rings. The lowest BCUT2D eigenvalue weighted by molar-refractivity contribution is 0.472. The van der Waals surface area contributed by atoms with Crippen molar-refractivity contribution in [1.29, 1.82) is 0 Å². The minimum Gasteiger partial charge on any atom is -0.312 e. The Kier molecular flexibility index (Phi) is 3.15. The minimum absolute atomic E-state index is 1.05. The smallest absolute Gasteiger partial charge is 0.0854 e. The molecular formula is C7H17NSi. The normalized spacial score (nSPS) is 12.1. The van der Waals surface area contributed by atoms with Crippen LogP contribution in [0, 0.1) is 0 Å². The number of nitrogens with zero attached hydrogens (tertiary/aromatic N) is 1. The zero-order valence-electron chi connectivity index (χ0n) is 6.94. The van der Waals surface area contributed by atoms with E-state index in [9.17, 15) is 0 Å². The van der Waals surface area contributed by atoms with Crippen LogP contribution in [0.1, 0.15) is 0 Å². The average Bonchev–Trinajstić information content (AvgIpc) is 1.63. The highest BCUT2D eigenvalue weighted by atomic mass is 28.3. The van der Waals surface area contributed by atoms with E-state index in [0.717, 1.165) is 0 Å². The van der Waals surface area contributed by atoms with Crippen molar-refractivity contribution >= 4 is 8.07 Å². The second-order valence-corrected chi connectivity index (χ2v) is 8.13. The van der Waals surface area contributed by atoms with E-state index in [1.165, 1.54) is 6.17 Å². The molecule has 9 heavy (non-hydrogen) atoms. The van der Waals surface area contributed by atoms with Gasteiger partial charge in [-0.1, -0.05) is 13.1 Å². The average molecular weight is 143 g/mol. The molecule has 1 nitrogen and oxygen atoms in total. The van der Waals surface area contributed by atoms with Crippen molar-refractivity contribution in [3.05, 3.63) is 12.3 Å². The Labute approximate surface area is 59.4 Å². The summed E-state index contributed by atoms with van der Waals surface area (Å²) in [6, 6.07) is 0. The Morgan fingerprint density at radius 1 is 1.44 bits per heavy atom. The molecule has 0 aromatic carbocycles. The second kappa shape index (κ2) is 3.18. The molecule has 0 aliphatic carbocycles. The monoisotopic (exact) mass is 143 g/mol. The SMILES string of the molecule is C=C[Si](C)(C)CN(C)C. The van der Waals surface area contributed by atoms with Crippen molar-refractivity contribution in [2.24, 2.45) is 0 Å². The van der Waals surface area contributed by atoms with Crippen LogP contribution in [-0.2, 0) is 0 Å². The number of rotatable bonds is 3. The molecule has 0 rings (SSSR count). The van der Waals surface area contributed by atoms with E-state index >= 15 is 0 Å². The quantitative estimate of drug-likeness (QED) is 0.541. The first-order chi connectivity index (χ1) is 3.98. The van der Waals surface area contributed by atoms with Crippen LogP contribution in [0.4, 0.5) is 0 Å². The fourth-order valence-electron chi connectivity index (χ4n) is 0.880. The summed E-state index contributed by atoms with van der Waals surface area (Å²) >= 11 is 0. The van der Waals surface area contributed by atoms with E-state index in [1.54, 1.807) is 0 Å². The third kappa shape index (κ3) is 4.42. The third-order valence-corrected chi connectivity index (χ3v) is 3.83. The highest BCUT2D eigenvalue weighted by molar-refractivity contribution is 6.82. The van der Waals surface area contributed by atoms with Gasteiger partial charge < -0.3 is 4.90 Å². The van der Waals surface area contributed by atoms with Crippen molar-refractivity contribution in [2.75, 3.05) is 20.3 Å². The molecule has 0 aliphatic rings. The Balaban J connectivity index is 3.71. The fourth-order valence-corrected chi connectivity index (χ4v) is 2.64. The van der Waals surface area contributed by atoms with Crippen molar-refractivity contribution in [3.63, 3.8) is 0 Å². The van der Waals surface area contributed by atoms with Crippen LogP contribution in [-0.4, -0.2) is 33.2 Å². The molecule has 0 N–H and O–H groups in total. The van der Waals surface area contributed by atoms with Gasteiger partial charge in [0.05, 0.1) is 8.07 Å². The summed E-state index contributed by atoms with van der Waals surface area (Å²) in [4.78, 5) is 2.23. The molecule has 0 saturated carbocycles. The summed E-state index contributed by atoms with van der Waals surface area (Å²) in [5.74, 6) is 0. The van der Waals surface area contributed by atoms with E-state index in [2.05, 4.69) is 44.4 Å².